The Morgan fingerprint density at radius 2 is 1.86 bits per heavy atom. The number of nitrogens with zero attached hydrogens (tertiary/aromatic N) is 1. The highest BCUT2D eigenvalue weighted by molar-refractivity contribution is 7.91. The number of carboxylic acid groups (broad SMARTS) is 1. The van der Waals surface area contributed by atoms with E-state index in [0.717, 1.165) is 12.8 Å². The van der Waals surface area contributed by atoms with Crippen molar-refractivity contribution in [2.45, 2.75) is 67.9 Å². The van der Waals surface area contributed by atoms with Gasteiger partial charge in [0.1, 0.15) is 11.4 Å². The second-order valence-electron chi connectivity index (χ2n) is 10.9. The van der Waals surface area contributed by atoms with Gasteiger partial charge >= 0.3 is 6.09 Å². The van der Waals surface area contributed by atoms with E-state index >= 15 is 0 Å². The molecule has 4 N–H and O–H groups in total. The fourth-order valence-electron chi connectivity index (χ4n) is 6.17. The first-order chi connectivity index (χ1) is 17.1. The van der Waals surface area contributed by atoms with E-state index in [1.165, 1.54) is 11.0 Å². The molecule has 0 aromatic heterocycles. The summed E-state index contributed by atoms with van der Waals surface area (Å²) >= 11 is 0. The molecule has 3 amide bonds. The topological polar surface area (TPSA) is 145 Å². The maximum absolute atomic E-state index is 14.7. The zero-order valence-electron chi connectivity index (χ0n) is 20.0. The molecule has 3 saturated carbocycles. The molecule has 0 spiro atoms. The van der Waals surface area contributed by atoms with Crippen molar-refractivity contribution in [1.29, 1.82) is 0 Å². The van der Waals surface area contributed by atoms with Crippen LogP contribution in [0.3, 0.4) is 0 Å². The summed E-state index contributed by atoms with van der Waals surface area (Å²) in [4.78, 5) is 39.5. The number of fused-ring (bicyclic) bond motifs is 1. The van der Waals surface area contributed by atoms with Crippen LogP contribution in [0.25, 0.3) is 0 Å². The zero-order chi connectivity index (χ0) is 25.4. The number of carbonyl (C=O) groups is 3. The van der Waals surface area contributed by atoms with Gasteiger partial charge in [0.25, 0.3) is 5.91 Å². The molecule has 2 heterocycles. The lowest BCUT2D eigenvalue weighted by molar-refractivity contribution is -0.130. The van der Waals surface area contributed by atoms with Gasteiger partial charge in [-0.05, 0) is 67.9 Å². The van der Waals surface area contributed by atoms with Crippen LogP contribution in [0.15, 0.2) is 18.2 Å². The second kappa shape index (κ2) is 9.09. The number of benzene rings is 1. The van der Waals surface area contributed by atoms with E-state index in [9.17, 15) is 32.3 Å². The van der Waals surface area contributed by atoms with E-state index in [2.05, 4.69) is 15.4 Å². The lowest BCUT2D eigenvalue weighted by Gasteiger charge is -2.27. The Labute approximate surface area is 220 Å². The molecule has 0 radical (unpaired) electrons. The Balaban J connectivity index is 0.00000280. The summed E-state index contributed by atoms with van der Waals surface area (Å²) in [6.45, 7) is 0.393. The monoisotopic (exact) mass is 556 g/mol. The first-order valence-corrected chi connectivity index (χ1v) is 14.0. The van der Waals surface area contributed by atoms with Crippen LogP contribution in [0, 0.1) is 23.6 Å². The van der Waals surface area contributed by atoms with E-state index in [1.54, 1.807) is 12.1 Å². The molecule has 37 heavy (non-hydrogen) atoms. The van der Waals surface area contributed by atoms with Gasteiger partial charge in [0.15, 0.2) is 0 Å². The van der Waals surface area contributed by atoms with Crippen molar-refractivity contribution in [2.24, 2.45) is 17.8 Å². The summed E-state index contributed by atoms with van der Waals surface area (Å²) in [7, 11) is -3.74. The van der Waals surface area contributed by atoms with Crippen LogP contribution in [0.4, 0.5) is 9.18 Å². The second-order valence-corrected chi connectivity index (χ2v) is 12.9. The molecule has 0 bridgehead atoms. The molecule has 5 aliphatic rings. The van der Waals surface area contributed by atoms with E-state index in [1.807, 2.05) is 0 Å². The summed E-state index contributed by atoms with van der Waals surface area (Å²) in [6, 6.07) is 3.16. The first-order valence-electron chi connectivity index (χ1n) is 12.5. The van der Waals surface area contributed by atoms with Crippen molar-refractivity contribution in [2.75, 3.05) is 6.54 Å². The molecule has 1 unspecified atom stereocenters. The molecule has 5 atom stereocenters. The number of sulfonamides is 1. The van der Waals surface area contributed by atoms with Crippen LogP contribution in [0.5, 0.6) is 0 Å². The predicted molar refractivity (Wildman–Crippen MR) is 132 cm³/mol. The van der Waals surface area contributed by atoms with Crippen LogP contribution in [0.1, 0.15) is 55.7 Å². The highest BCUT2D eigenvalue weighted by Crippen LogP contribution is 2.57. The Bertz CT molecular complexity index is 1260. The highest BCUT2D eigenvalue weighted by Gasteiger charge is 2.66. The van der Waals surface area contributed by atoms with E-state index in [0.29, 0.717) is 42.9 Å². The fourth-order valence-corrected chi connectivity index (χ4v) is 7.54. The van der Waals surface area contributed by atoms with Gasteiger partial charge in [0.05, 0.1) is 23.9 Å². The molecule has 2 aliphatic heterocycles. The maximum Gasteiger partial charge on any atom is 0.408 e. The highest BCUT2D eigenvalue weighted by atomic mass is 35.5. The molecule has 1 aromatic rings. The summed E-state index contributed by atoms with van der Waals surface area (Å²) in [5, 5.41) is 15.2. The molecule has 3 aliphatic carbocycles. The minimum atomic E-state index is -3.74. The Kier molecular flexibility index (Phi) is 6.43. The van der Waals surface area contributed by atoms with Crippen molar-refractivity contribution in [3.8, 4) is 0 Å². The number of amides is 3. The van der Waals surface area contributed by atoms with Gasteiger partial charge in [-0.1, -0.05) is 12.1 Å². The Morgan fingerprint density at radius 3 is 2.51 bits per heavy atom. The molecule has 1 saturated heterocycles. The third-order valence-electron chi connectivity index (χ3n) is 8.44. The van der Waals surface area contributed by atoms with Gasteiger partial charge in [-0.25, -0.2) is 17.6 Å². The standard InChI is InChI=1S/C24H29FN4O6S.ClH/c25-17-3-1-2-13-11-29(23(32)33)20(19(13)17)14-8-18(26-10-14)21(30)27-24(9-16(24)12-4-5-12)22(31)28-36(34,35)15-6-7-15;/h1-3,12,14-16,18,20,26H,4-11H2,(H,27,30)(H,28,31)(H,32,33);1H/t14-,16+,18+,20?,24-;/m1./s1. The van der Waals surface area contributed by atoms with Crippen LogP contribution in [0.2, 0.25) is 0 Å². The molecule has 4 fully saturated rings. The number of hydrogen-bond donors (Lipinski definition) is 4. The Morgan fingerprint density at radius 1 is 1.14 bits per heavy atom. The predicted octanol–water partition coefficient (Wildman–Crippen LogP) is 1.65. The van der Waals surface area contributed by atoms with Gasteiger partial charge in [-0.2, -0.15) is 0 Å². The summed E-state index contributed by atoms with van der Waals surface area (Å²) in [6.07, 6.45) is 2.47. The van der Waals surface area contributed by atoms with E-state index in [-0.39, 0.29) is 37.2 Å². The van der Waals surface area contributed by atoms with E-state index < -0.39 is 56.6 Å². The molecule has 6 rings (SSSR count). The molecular weight excluding hydrogens is 527 g/mol. The smallest absolute Gasteiger partial charge is 0.408 e. The summed E-state index contributed by atoms with van der Waals surface area (Å²) < 4.78 is 41.7. The van der Waals surface area contributed by atoms with Crippen LogP contribution < -0.4 is 15.4 Å². The molecule has 1 aromatic carbocycles. The van der Waals surface area contributed by atoms with Crippen LogP contribution in [-0.2, 0) is 26.2 Å². The largest absolute Gasteiger partial charge is 0.465 e. The number of rotatable bonds is 7. The molecule has 13 heteroatoms. The number of hydrogen-bond acceptors (Lipinski definition) is 6. The maximum atomic E-state index is 14.7. The van der Waals surface area contributed by atoms with Gasteiger partial charge in [-0.3, -0.25) is 19.2 Å². The molecule has 10 nitrogen and oxygen atoms in total. The van der Waals surface area contributed by atoms with Crippen LogP contribution in [-0.4, -0.2) is 59.7 Å². The zero-order valence-corrected chi connectivity index (χ0v) is 21.6. The normalized spacial score (nSPS) is 32.3. The van der Waals surface area contributed by atoms with Crippen molar-refractivity contribution in [3.63, 3.8) is 0 Å². The number of nitrogens with one attached hydrogen (secondary N) is 3. The SMILES string of the molecule is Cl.O=C(N[C@]1(C(=O)NS(=O)(=O)C2CC2)C[C@H]1C1CC1)[C@@H]1C[C@@H](C2c3c(F)cccc3CN2C(=O)O)CN1. The molecular formula is C24H30ClFN4O6S. The molecule has 202 valence electrons. The average molecular weight is 557 g/mol. The van der Waals surface area contributed by atoms with Crippen molar-refractivity contribution < 1.29 is 32.3 Å². The van der Waals surface area contributed by atoms with Crippen molar-refractivity contribution in [1.82, 2.24) is 20.3 Å². The van der Waals surface area contributed by atoms with Gasteiger partial charge in [-0.15, -0.1) is 12.4 Å². The third-order valence-corrected chi connectivity index (χ3v) is 10.3. The Hall–Kier alpha value is -2.44. The van der Waals surface area contributed by atoms with Crippen molar-refractivity contribution >= 4 is 40.3 Å². The lowest BCUT2D eigenvalue weighted by atomic mass is 9.90. The summed E-state index contributed by atoms with van der Waals surface area (Å²) in [5.41, 5.74) is -0.267. The minimum absolute atomic E-state index is 0. The summed E-state index contributed by atoms with van der Waals surface area (Å²) in [5.74, 6) is -1.69. The van der Waals surface area contributed by atoms with Gasteiger partial charge in [0, 0.05) is 12.1 Å². The number of carbonyl (C=O) groups excluding carboxylic acids is 2. The van der Waals surface area contributed by atoms with Gasteiger partial charge < -0.3 is 15.7 Å². The first kappa shape index (κ1) is 26.2. The lowest BCUT2D eigenvalue weighted by Crippen LogP contribution is -2.55. The quantitative estimate of drug-likeness (QED) is 0.399. The fraction of sp³-hybridized carbons (Fsp3) is 0.625. The number of halogens is 2. The minimum Gasteiger partial charge on any atom is -0.465 e. The third kappa shape index (κ3) is 4.57. The average Bonchev–Trinajstić information content (AvgIpc) is 3.72. The van der Waals surface area contributed by atoms with Crippen molar-refractivity contribution in [3.05, 3.63) is 35.1 Å². The van der Waals surface area contributed by atoms with Gasteiger partial charge in [0.2, 0.25) is 15.9 Å². The van der Waals surface area contributed by atoms with Crippen LogP contribution >= 0.6 is 12.4 Å². The van der Waals surface area contributed by atoms with E-state index in [4.69, 9.17) is 0 Å².